The van der Waals surface area contributed by atoms with Crippen molar-refractivity contribution in [2.75, 3.05) is 20.1 Å². The predicted molar refractivity (Wildman–Crippen MR) is 76.8 cm³/mol. The Hall–Kier alpha value is -0.920. The van der Waals surface area contributed by atoms with Crippen LogP contribution < -0.4 is 4.72 Å². The van der Waals surface area contributed by atoms with E-state index in [1.54, 1.807) is 0 Å². The van der Waals surface area contributed by atoms with E-state index in [2.05, 4.69) is 14.7 Å². The largest absolute Gasteiger partial charge is 0.298 e. The maximum atomic E-state index is 11.8. The summed E-state index contributed by atoms with van der Waals surface area (Å²) in [5.41, 5.74) is 2.60. The third-order valence-electron chi connectivity index (χ3n) is 4.37. The van der Waals surface area contributed by atoms with E-state index in [1.807, 2.05) is 17.9 Å². The number of nitrogens with one attached hydrogen (secondary N) is 1. The standard InChI is InChI=1S/C13H22N4O2S/c1-14-20(18,19)12-5-6-17(9-12)8-11-7-15-16(2)13(11)10-3-4-10/h7,10,12,14H,3-6,8-9H2,1-2H3. The first-order valence-electron chi connectivity index (χ1n) is 7.16. The Morgan fingerprint density at radius 3 is 2.80 bits per heavy atom. The second-order valence-corrected chi connectivity index (χ2v) is 8.01. The van der Waals surface area contributed by atoms with Gasteiger partial charge in [0.05, 0.1) is 11.4 Å². The molecule has 1 aromatic heterocycles. The molecule has 20 heavy (non-hydrogen) atoms. The van der Waals surface area contributed by atoms with Crippen molar-refractivity contribution in [1.29, 1.82) is 0 Å². The predicted octanol–water partition coefficient (Wildman–Crippen LogP) is 0.421. The first-order valence-corrected chi connectivity index (χ1v) is 8.71. The molecule has 0 radical (unpaired) electrons. The number of nitrogens with zero attached hydrogens (tertiary/aromatic N) is 3. The highest BCUT2D eigenvalue weighted by Gasteiger charge is 2.34. The lowest BCUT2D eigenvalue weighted by Gasteiger charge is -2.16. The first kappa shape index (κ1) is 14.0. The Morgan fingerprint density at radius 1 is 1.40 bits per heavy atom. The number of hydrogen-bond acceptors (Lipinski definition) is 4. The SMILES string of the molecule is CNS(=O)(=O)C1CCN(Cc2cnn(C)c2C2CC2)C1. The van der Waals surface area contributed by atoms with Crippen LogP contribution >= 0.6 is 0 Å². The molecule has 0 amide bonds. The van der Waals surface area contributed by atoms with Crippen LogP contribution in [0.5, 0.6) is 0 Å². The molecule has 1 aromatic rings. The van der Waals surface area contributed by atoms with Gasteiger partial charge in [0.15, 0.2) is 0 Å². The molecule has 1 unspecified atom stereocenters. The highest BCUT2D eigenvalue weighted by molar-refractivity contribution is 7.90. The number of rotatable bonds is 5. The van der Waals surface area contributed by atoms with Crippen molar-refractivity contribution in [2.45, 2.75) is 37.0 Å². The van der Waals surface area contributed by atoms with Crippen LogP contribution in [0.25, 0.3) is 0 Å². The van der Waals surface area contributed by atoms with Crippen molar-refractivity contribution in [3.8, 4) is 0 Å². The second-order valence-electron chi connectivity index (χ2n) is 5.85. The maximum Gasteiger partial charge on any atom is 0.215 e. The van der Waals surface area contributed by atoms with Gasteiger partial charge in [-0.15, -0.1) is 0 Å². The summed E-state index contributed by atoms with van der Waals surface area (Å²) in [4.78, 5) is 2.22. The number of likely N-dealkylation sites (tertiary alicyclic amines) is 1. The van der Waals surface area contributed by atoms with Crippen LogP contribution in [-0.2, 0) is 23.6 Å². The highest BCUT2D eigenvalue weighted by atomic mass is 32.2. The lowest BCUT2D eigenvalue weighted by Crippen LogP contribution is -2.34. The third-order valence-corrected chi connectivity index (χ3v) is 6.21. The molecule has 0 spiro atoms. The van der Waals surface area contributed by atoms with E-state index in [0.717, 1.165) is 13.1 Å². The Bertz CT molecular complexity index is 592. The van der Waals surface area contributed by atoms with Crippen molar-refractivity contribution in [3.05, 3.63) is 17.5 Å². The van der Waals surface area contributed by atoms with Crippen LogP contribution in [0.2, 0.25) is 0 Å². The van der Waals surface area contributed by atoms with Gasteiger partial charge in [0.1, 0.15) is 0 Å². The summed E-state index contributed by atoms with van der Waals surface area (Å²) in [6.07, 6.45) is 5.16. The van der Waals surface area contributed by atoms with Gasteiger partial charge in [0.2, 0.25) is 10.0 Å². The zero-order chi connectivity index (χ0) is 14.3. The smallest absolute Gasteiger partial charge is 0.215 e. The Balaban J connectivity index is 1.68. The van der Waals surface area contributed by atoms with E-state index in [0.29, 0.717) is 18.9 Å². The van der Waals surface area contributed by atoms with Crippen LogP contribution in [0.4, 0.5) is 0 Å². The molecule has 1 saturated carbocycles. The van der Waals surface area contributed by atoms with Gasteiger partial charge >= 0.3 is 0 Å². The minimum absolute atomic E-state index is 0.284. The molecule has 112 valence electrons. The molecular formula is C13H22N4O2S. The molecule has 3 rings (SSSR count). The molecule has 1 N–H and O–H groups in total. The van der Waals surface area contributed by atoms with Crippen LogP contribution in [0.3, 0.4) is 0 Å². The fraction of sp³-hybridized carbons (Fsp3) is 0.769. The van der Waals surface area contributed by atoms with E-state index >= 15 is 0 Å². The first-order chi connectivity index (χ1) is 9.51. The molecule has 7 heteroatoms. The lowest BCUT2D eigenvalue weighted by atomic mass is 10.1. The molecule has 0 bridgehead atoms. The van der Waals surface area contributed by atoms with E-state index < -0.39 is 10.0 Å². The number of aryl methyl sites for hydroxylation is 1. The highest BCUT2D eigenvalue weighted by Crippen LogP contribution is 2.41. The quantitative estimate of drug-likeness (QED) is 0.855. The summed E-state index contributed by atoms with van der Waals surface area (Å²) in [6.45, 7) is 2.27. The van der Waals surface area contributed by atoms with E-state index in [9.17, 15) is 8.42 Å². The average Bonchev–Trinajstić information content (AvgIpc) is 3.02. The Morgan fingerprint density at radius 2 is 2.15 bits per heavy atom. The Kier molecular flexibility index (Phi) is 3.60. The molecule has 0 aromatic carbocycles. The molecule has 1 saturated heterocycles. The van der Waals surface area contributed by atoms with Gasteiger partial charge in [-0.3, -0.25) is 9.58 Å². The molecule has 1 aliphatic carbocycles. The minimum Gasteiger partial charge on any atom is -0.298 e. The summed E-state index contributed by atoms with van der Waals surface area (Å²) in [5.74, 6) is 0.664. The molecule has 1 atom stereocenters. The van der Waals surface area contributed by atoms with Gasteiger partial charge in [0, 0.05) is 37.3 Å². The summed E-state index contributed by atoms with van der Waals surface area (Å²) in [5, 5.41) is 4.08. The fourth-order valence-corrected chi connectivity index (χ4v) is 4.26. The van der Waals surface area contributed by atoms with Crippen molar-refractivity contribution < 1.29 is 8.42 Å². The molecule has 2 heterocycles. The summed E-state index contributed by atoms with van der Waals surface area (Å²) in [6, 6.07) is 0. The molecule has 2 fully saturated rings. The summed E-state index contributed by atoms with van der Waals surface area (Å²) in [7, 11) is 0.341. The summed E-state index contributed by atoms with van der Waals surface area (Å²) < 4.78 is 28.1. The molecule has 6 nitrogen and oxygen atoms in total. The molecular weight excluding hydrogens is 276 g/mol. The van der Waals surface area contributed by atoms with E-state index in [1.165, 1.54) is 31.1 Å². The van der Waals surface area contributed by atoms with Gasteiger partial charge in [-0.2, -0.15) is 5.10 Å². The minimum atomic E-state index is -3.14. The third kappa shape index (κ3) is 2.62. The normalized spacial score (nSPS) is 24.4. The number of sulfonamides is 1. The van der Waals surface area contributed by atoms with E-state index in [4.69, 9.17) is 0 Å². The van der Waals surface area contributed by atoms with Crippen LogP contribution in [0.1, 0.15) is 36.4 Å². The zero-order valence-corrected chi connectivity index (χ0v) is 12.9. The van der Waals surface area contributed by atoms with Crippen molar-refractivity contribution in [3.63, 3.8) is 0 Å². The second kappa shape index (κ2) is 5.13. The molecule has 1 aliphatic heterocycles. The monoisotopic (exact) mass is 298 g/mol. The van der Waals surface area contributed by atoms with Crippen molar-refractivity contribution in [1.82, 2.24) is 19.4 Å². The number of aromatic nitrogens is 2. The zero-order valence-electron chi connectivity index (χ0n) is 12.0. The van der Waals surface area contributed by atoms with Gasteiger partial charge in [-0.25, -0.2) is 13.1 Å². The topological polar surface area (TPSA) is 67.2 Å². The average molecular weight is 298 g/mol. The van der Waals surface area contributed by atoms with Crippen LogP contribution in [-0.4, -0.2) is 48.5 Å². The lowest BCUT2D eigenvalue weighted by molar-refractivity contribution is 0.330. The van der Waals surface area contributed by atoms with Crippen LogP contribution in [0.15, 0.2) is 6.20 Å². The van der Waals surface area contributed by atoms with Gasteiger partial charge < -0.3 is 0 Å². The van der Waals surface area contributed by atoms with Crippen molar-refractivity contribution in [2.24, 2.45) is 7.05 Å². The van der Waals surface area contributed by atoms with Crippen LogP contribution in [0, 0.1) is 0 Å². The van der Waals surface area contributed by atoms with Gasteiger partial charge in [-0.05, 0) is 32.9 Å². The number of hydrogen-bond donors (Lipinski definition) is 1. The van der Waals surface area contributed by atoms with Gasteiger partial charge in [-0.1, -0.05) is 0 Å². The van der Waals surface area contributed by atoms with Crippen molar-refractivity contribution >= 4 is 10.0 Å². The van der Waals surface area contributed by atoms with E-state index in [-0.39, 0.29) is 5.25 Å². The molecule has 2 aliphatic rings. The fourth-order valence-electron chi connectivity index (χ4n) is 3.10. The maximum absolute atomic E-state index is 11.8. The van der Waals surface area contributed by atoms with Gasteiger partial charge in [0.25, 0.3) is 0 Å². The Labute approximate surface area is 120 Å². The summed E-state index contributed by atoms with van der Waals surface area (Å²) >= 11 is 0.